The molecule has 0 fully saturated rings. The van der Waals surface area contributed by atoms with E-state index in [1.807, 2.05) is 37.3 Å². The standard InChI is InChI=1S/C25H22FNO4S/c1-3-13-27(32(2,29)30)23-15-24-21(14-20(23)17-7-5-4-6-8-17)22(16-28)25(31-24)18-9-11-19(26)12-10-18/h4-12,14-16H,3,13H2,1-2H3. The van der Waals surface area contributed by atoms with Crippen molar-refractivity contribution >= 4 is 33.0 Å². The molecule has 0 radical (unpaired) electrons. The quantitative estimate of drug-likeness (QED) is 0.328. The van der Waals surface area contributed by atoms with Gasteiger partial charge in [0.1, 0.15) is 17.2 Å². The molecule has 3 aromatic carbocycles. The Kier molecular flexibility index (Phi) is 5.84. The number of sulfonamides is 1. The van der Waals surface area contributed by atoms with Gasteiger partial charge in [-0.15, -0.1) is 0 Å². The van der Waals surface area contributed by atoms with Crippen LogP contribution in [0.3, 0.4) is 0 Å². The van der Waals surface area contributed by atoms with E-state index in [1.54, 1.807) is 24.3 Å². The van der Waals surface area contributed by atoms with Crippen molar-refractivity contribution in [3.8, 4) is 22.5 Å². The molecular weight excluding hydrogens is 429 g/mol. The van der Waals surface area contributed by atoms with E-state index in [1.165, 1.54) is 22.7 Å². The number of aldehydes is 1. The molecule has 1 aromatic heterocycles. The average molecular weight is 452 g/mol. The molecule has 0 saturated heterocycles. The second-order valence-corrected chi connectivity index (χ2v) is 9.44. The molecule has 0 saturated carbocycles. The summed E-state index contributed by atoms with van der Waals surface area (Å²) in [4.78, 5) is 12.0. The van der Waals surface area contributed by atoms with Gasteiger partial charge in [-0.3, -0.25) is 9.10 Å². The average Bonchev–Trinajstić information content (AvgIpc) is 3.14. The van der Waals surface area contributed by atoms with E-state index in [4.69, 9.17) is 4.42 Å². The van der Waals surface area contributed by atoms with Gasteiger partial charge < -0.3 is 4.42 Å². The summed E-state index contributed by atoms with van der Waals surface area (Å²) in [5, 5.41) is 0.562. The van der Waals surface area contributed by atoms with Crippen molar-refractivity contribution in [1.29, 1.82) is 0 Å². The summed E-state index contributed by atoms with van der Waals surface area (Å²) in [6.45, 7) is 2.21. The number of hydrogen-bond acceptors (Lipinski definition) is 4. The number of anilines is 1. The highest BCUT2D eigenvalue weighted by molar-refractivity contribution is 7.92. The molecule has 5 nitrogen and oxygen atoms in total. The molecule has 0 unspecified atom stereocenters. The minimum absolute atomic E-state index is 0.302. The highest BCUT2D eigenvalue weighted by atomic mass is 32.2. The summed E-state index contributed by atoms with van der Waals surface area (Å²) in [6, 6.07) is 18.5. The third-order valence-corrected chi connectivity index (χ3v) is 6.43. The van der Waals surface area contributed by atoms with Gasteiger partial charge in [0.15, 0.2) is 6.29 Å². The highest BCUT2D eigenvalue weighted by Gasteiger charge is 2.24. The van der Waals surface area contributed by atoms with E-state index < -0.39 is 15.8 Å². The van der Waals surface area contributed by atoms with Gasteiger partial charge in [-0.1, -0.05) is 37.3 Å². The molecule has 4 aromatic rings. The van der Waals surface area contributed by atoms with Gasteiger partial charge >= 0.3 is 0 Å². The molecular formula is C25H22FNO4S. The Morgan fingerprint density at radius 1 is 1.00 bits per heavy atom. The predicted molar refractivity (Wildman–Crippen MR) is 125 cm³/mol. The Labute approximate surface area is 186 Å². The summed E-state index contributed by atoms with van der Waals surface area (Å²) in [5.41, 5.74) is 3.23. The Bertz CT molecular complexity index is 1380. The van der Waals surface area contributed by atoms with Crippen LogP contribution in [0.15, 0.2) is 71.1 Å². The SMILES string of the molecule is CCCN(c1cc2oc(-c3ccc(F)cc3)c(C=O)c2cc1-c1ccccc1)S(C)(=O)=O. The van der Waals surface area contributed by atoms with Gasteiger partial charge in [0, 0.05) is 29.1 Å². The normalized spacial score (nSPS) is 11.6. The number of hydrogen-bond donors (Lipinski definition) is 0. The summed E-state index contributed by atoms with van der Waals surface area (Å²) in [7, 11) is -3.56. The maximum Gasteiger partial charge on any atom is 0.232 e. The Morgan fingerprint density at radius 2 is 1.69 bits per heavy atom. The number of nitrogens with zero attached hydrogens (tertiary/aromatic N) is 1. The Balaban J connectivity index is 2.04. The van der Waals surface area contributed by atoms with E-state index in [0.717, 1.165) is 5.56 Å². The fourth-order valence-electron chi connectivity index (χ4n) is 3.81. The van der Waals surface area contributed by atoms with Gasteiger partial charge in [-0.2, -0.15) is 0 Å². The first kappa shape index (κ1) is 21.8. The molecule has 0 atom stereocenters. The minimum atomic E-state index is -3.56. The van der Waals surface area contributed by atoms with Crippen LogP contribution in [-0.2, 0) is 10.0 Å². The van der Waals surface area contributed by atoms with Gasteiger partial charge in [-0.05, 0) is 42.3 Å². The van der Waals surface area contributed by atoms with E-state index in [9.17, 15) is 17.6 Å². The molecule has 0 spiro atoms. The molecule has 1 heterocycles. The molecule has 0 aliphatic heterocycles. The summed E-state index contributed by atoms with van der Waals surface area (Å²) >= 11 is 0. The van der Waals surface area contributed by atoms with Crippen LogP contribution in [0.4, 0.5) is 10.1 Å². The van der Waals surface area contributed by atoms with Crippen molar-refractivity contribution in [3.05, 3.63) is 78.1 Å². The zero-order valence-electron chi connectivity index (χ0n) is 17.7. The van der Waals surface area contributed by atoms with Crippen LogP contribution in [0.5, 0.6) is 0 Å². The lowest BCUT2D eigenvalue weighted by molar-refractivity contribution is 0.112. The summed E-state index contributed by atoms with van der Waals surface area (Å²) in [5.74, 6) is -0.0814. The van der Waals surface area contributed by atoms with E-state index >= 15 is 0 Å². The van der Waals surface area contributed by atoms with Crippen molar-refractivity contribution < 1.29 is 22.0 Å². The zero-order valence-corrected chi connectivity index (χ0v) is 18.5. The van der Waals surface area contributed by atoms with Crippen molar-refractivity contribution in [2.45, 2.75) is 13.3 Å². The van der Waals surface area contributed by atoms with Crippen LogP contribution < -0.4 is 4.31 Å². The van der Waals surface area contributed by atoms with Crippen LogP contribution in [0.2, 0.25) is 0 Å². The lowest BCUT2D eigenvalue weighted by atomic mass is 9.99. The second kappa shape index (κ2) is 8.59. The van der Waals surface area contributed by atoms with E-state index in [-0.39, 0.29) is 0 Å². The Hall–Kier alpha value is -3.45. The van der Waals surface area contributed by atoms with Crippen molar-refractivity contribution in [2.75, 3.05) is 17.1 Å². The van der Waals surface area contributed by atoms with E-state index in [2.05, 4.69) is 0 Å². The van der Waals surface area contributed by atoms with Crippen LogP contribution in [-0.4, -0.2) is 27.5 Å². The summed E-state index contributed by atoms with van der Waals surface area (Å²) in [6.07, 6.45) is 2.50. The van der Waals surface area contributed by atoms with Gasteiger partial charge in [0.05, 0.1) is 17.5 Å². The third-order valence-electron chi connectivity index (χ3n) is 5.25. The lowest BCUT2D eigenvalue weighted by Crippen LogP contribution is -2.31. The fourth-order valence-corrected chi connectivity index (χ4v) is 4.83. The van der Waals surface area contributed by atoms with Gasteiger partial charge in [0.2, 0.25) is 10.0 Å². The number of benzene rings is 3. The first-order valence-corrected chi connectivity index (χ1v) is 12.0. The Morgan fingerprint density at radius 3 is 2.28 bits per heavy atom. The highest BCUT2D eigenvalue weighted by Crippen LogP contribution is 2.41. The number of carbonyl (C=O) groups excluding carboxylic acids is 1. The van der Waals surface area contributed by atoms with E-state index in [0.29, 0.717) is 58.4 Å². The molecule has 164 valence electrons. The first-order valence-electron chi connectivity index (χ1n) is 10.2. The molecule has 0 aliphatic carbocycles. The van der Waals surface area contributed by atoms with Crippen molar-refractivity contribution in [1.82, 2.24) is 0 Å². The molecule has 7 heteroatoms. The topological polar surface area (TPSA) is 67.6 Å². The second-order valence-electron chi connectivity index (χ2n) is 7.54. The first-order chi connectivity index (χ1) is 15.3. The molecule has 0 aliphatic rings. The maximum atomic E-state index is 13.4. The summed E-state index contributed by atoms with van der Waals surface area (Å²) < 4.78 is 46.0. The van der Waals surface area contributed by atoms with Crippen molar-refractivity contribution in [3.63, 3.8) is 0 Å². The number of fused-ring (bicyclic) bond motifs is 1. The third kappa shape index (κ3) is 4.03. The monoisotopic (exact) mass is 451 g/mol. The molecule has 0 N–H and O–H groups in total. The predicted octanol–water partition coefficient (Wildman–Crippen LogP) is 5.89. The number of furan rings is 1. The molecule has 32 heavy (non-hydrogen) atoms. The molecule has 0 bridgehead atoms. The van der Waals surface area contributed by atoms with Crippen LogP contribution in [0, 0.1) is 5.82 Å². The van der Waals surface area contributed by atoms with Crippen molar-refractivity contribution in [2.24, 2.45) is 0 Å². The maximum absolute atomic E-state index is 13.4. The molecule has 0 amide bonds. The van der Waals surface area contributed by atoms with Gasteiger partial charge in [0.25, 0.3) is 0 Å². The molecule has 4 rings (SSSR count). The zero-order chi connectivity index (χ0) is 22.9. The number of halogens is 1. The largest absolute Gasteiger partial charge is 0.455 e. The van der Waals surface area contributed by atoms with Crippen LogP contribution >= 0.6 is 0 Å². The number of carbonyl (C=O) groups is 1. The van der Waals surface area contributed by atoms with Crippen LogP contribution in [0.1, 0.15) is 23.7 Å². The minimum Gasteiger partial charge on any atom is -0.455 e. The van der Waals surface area contributed by atoms with Gasteiger partial charge in [-0.25, -0.2) is 12.8 Å². The fraction of sp³-hybridized carbons (Fsp3) is 0.160. The van der Waals surface area contributed by atoms with Crippen LogP contribution in [0.25, 0.3) is 33.4 Å². The smallest absolute Gasteiger partial charge is 0.232 e. The number of rotatable bonds is 7. The lowest BCUT2D eigenvalue weighted by Gasteiger charge is -2.24.